The van der Waals surface area contributed by atoms with E-state index in [-0.39, 0.29) is 11.5 Å². The minimum Gasteiger partial charge on any atom is -0.507 e. The van der Waals surface area contributed by atoms with E-state index >= 15 is 0 Å². The van der Waals surface area contributed by atoms with E-state index < -0.39 is 0 Å². The summed E-state index contributed by atoms with van der Waals surface area (Å²) in [5, 5.41) is 19.3. The van der Waals surface area contributed by atoms with Crippen LogP contribution in [0.5, 0.6) is 17.2 Å². The van der Waals surface area contributed by atoms with E-state index in [1.807, 2.05) is 0 Å². The summed E-state index contributed by atoms with van der Waals surface area (Å²) < 4.78 is 5.68. The molecule has 130 valence electrons. The van der Waals surface area contributed by atoms with Crippen LogP contribution in [0, 0.1) is 0 Å². The summed E-state index contributed by atoms with van der Waals surface area (Å²) >= 11 is 0. The highest BCUT2D eigenvalue weighted by molar-refractivity contribution is 5.65. The number of phenolic OH excluding ortho intramolecular Hbond substituents is 1. The summed E-state index contributed by atoms with van der Waals surface area (Å²) in [4.78, 5) is 7.99. The molecule has 0 spiro atoms. The molecule has 0 radical (unpaired) electrons. The SMILES string of the molecule is CCCCCCCCCOc1ccc(-c2ncc(O)cn2)c(O)c1. The fourth-order valence-electron chi connectivity index (χ4n) is 2.50. The highest BCUT2D eigenvalue weighted by atomic mass is 16.5. The first-order chi connectivity index (χ1) is 11.7. The molecule has 0 aliphatic heterocycles. The largest absolute Gasteiger partial charge is 0.507 e. The van der Waals surface area contributed by atoms with Gasteiger partial charge in [0.2, 0.25) is 0 Å². The van der Waals surface area contributed by atoms with Gasteiger partial charge in [0.1, 0.15) is 11.5 Å². The molecule has 0 saturated carbocycles. The van der Waals surface area contributed by atoms with E-state index in [4.69, 9.17) is 4.74 Å². The molecule has 0 unspecified atom stereocenters. The lowest BCUT2D eigenvalue weighted by atomic mass is 10.1. The van der Waals surface area contributed by atoms with Crippen molar-refractivity contribution in [2.75, 3.05) is 6.61 Å². The highest BCUT2D eigenvalue weighted by Gasteiger charge is 2.08. The highest BCUT2D eigenvalue weighted by Crippen LogP contribution is 2.30. The molecule has 0 fully saturated rings. The molecule has 5 nitrogen and oxygen atoms in total. The number of rotatable bonds is 10. The molecular weight excluding hydrogens is 304 g/mol. The van der Waals surface area contributed by atoms with Gasteiger partial charge in [-0.15, -0.1) is 0 Å². The average molecular weight is 330 g/mol. The van der Waals surface area contributed by atoms with Crippen LogP contribution < -0.4 is 4.74 Å². The number of ether oxygens (including phenoxy) is 1. The lowest BCUT2D eigenvalue weighted by Gasteiger charge is -2.09. The molecule has 5 heteroatoms. The maximum Gasteiger partial charge on any atom is 0.163 e. The van der Waals surface area contributed by atoms with Gasteiger partial charge in [0.05, 0.1) is 24.6 Å². The van der Waals surface area contributed by atoms with E-state index in [0.717, 1.165) is 6.42 Å². The van der Waals surface area contributed by atoms with Crippen LogP contribution in [0.3, 0.4) is 0 Å². The zero-order chi connectivity index (χ0) is 17.2. The van der Waals surface area contributed by atoms with E-state index in [1.54, 1.807) is 18.2 Å². The lowest BCUT2D eigenvalue weighted by Crippen LogP contribution is -1.97. The van der Waals surface area contributed by atoms with Gasteiger partial charge in [-0.2, -0.15) is 0 Å². The first-order valence-corrected chi connectivity index (χ1v) is 8.68. The van der Waals surface area contributed by atoms with Gasteiger partial charge in [-0.3, -0.25) is 0 Å². The van der Waals surface area contributed by atoms with Crippen molar-refractivity contribution in [3.63, 3.8) is 0 Å². The zero-order valence-electron chi connectivity index (χ0n) is 14.2. The molecule has 2 N–H and O–H groups in total. The number of nitrogens with zero attached hydrogens (tertiary/aromatic N) is 2. The number of unbranched alkanes of at least 4 members (excludes halogenated alkanes) is 6. The van der Waals surface area contributed by atoms with Gasteiger partial charge in [-0.05, 0) is 18.6 Å². The second kappa shape index (κ2) is 9.75. The number of benzene rings is 1. The van der Waals surface area contributed by atoms with E-state index in [9.17, 15) is 10.2 Å². The summed E-state index contributed by atoms with van der Waals surface area (Å²) in [7, 11) is 0. The number of hydrogen-bond donors (Lipinski definition) is 2. The Kier molecular flexibility index (Phi) is 7.33. The Morgan fingerprint density at radius 2 is 1.58 bits per heavy atom. The third-order valence-corrected chi connectivity index (χ3v) is 3.86. The minimum absolute atomic E-state index is 0.00659. The van der Waals surface area contributed by atoms with Gasteiger partial charge in [-0.1, -0.05) is 45.4 Å². The van der Waals surface area contributed by atoms with Crippen LogP contribution >= 0.6 is 0 Å². The van der Waals surface area contributed by atoms with Gasteiger partial charge in [0.25, 0.3) is 0 Å². The summed E-state index contributed by atoms with van der Waals surface area (Å²) in [6.07, 6.45) is 11.3. The predicted octanol–water partition coefficient (Wildman–Crippen LogP) is 4.68. The van der Waals surface area contributed by atoms with Crippen LogP contribution in [0.2, 0.25) is 0 Å². The van der Waals surface area contributed by atoms with Crippen molar-refractivity contribution < 1.29 is 14.9 Å². The number of hydrogen-bond acceptors (Lipinski definition) is 5. The molecule has 0 aliphatic rings. The van der Waals surface area contributed by atoms with Crippen molar-refractivity contribution in [1.82, 2.24) is 9.97 Å². The van der Waals surface area contributed by atoms with Crippen LogP contribution in [-0.2, 0) is 0 Å². The smallest absolute Gasteiger partial charge is 0.163 e. The van der Waals surface area contributed by atoms with Gasteiger partial charge in [-0.25, -0.2) is 9.97 Å². The van der Waals surface area contributed by atoms with Crippen molar-refractivity contribution >= 4 is 0 Å². The van der Waals surface area contributed by atoms with Crippen molar-refractivity contribution in [2.45, 2.75) is 51.9 Å². The Morgan fingerprint density at radius 3 is 2.25 bits per heavy atom. The monoisotopic (exact) mass is 330 g/mol. The molecule has 1 heterocycles. The Morgan fingerprint density at radius 1 is 0.917 bits per heavy atom. The molecule has 2 aromatic rings. The van der Waals surface area contributed by atoms with Crippen molar-refractivity contribution in [1.29, 1.82) is 0 Å². The van der Waals surface area contributed by atoms with E-state index in [1.165, 1.54) is 50.9 Å². The molecule has 0 aliphatic carbocycles. The normalized spacial score (nSPS) is 10.7. The topological polar surface area (TPSA) is 75.5 Å². The standard InChI is InChI=1S/C19H26N2O3/c1-2-3-4-5-6-7-8-11-24-16-9-10-17(18(23)12-16)19-20-13-15(22)14-21-19/h9-10,12-14,22-23H,2-8,11H2,1H3. The van der Waals surface area contributed by atoms with Crippen LogP contribution in [0.15, 0.2) is 30.6 Å². The first kappa shape index (κ1) is 18.0. The molecule has 0 bridgehead atoms. The summed E-state index contributed by atoms with van der Waals surface area (Å²) in [6.45, 7) is 2.88. The Bertz CT molecular complexity index is 615. The Balaban J connectivity index is 1.77. The molecule has 0 atom stereocenters. The van der Waals surface area contributed by atoms with Crippen LogP contribution in [0.4, 0.5) is 0 Å². The average Bonchev–Trinajstić information content (AvgIpc) is 2.58. The second-order valence-electron chi connectivity index (χ2n) is 5.91. The second-order valence-corrected chi connectivity index (χ2v) is 5.91. The van der Waals surface area contributed by atoms with Gasteiger partial charge >= 0.3 is 0 Å². The summed E-state index contributed by atoms with van der Waals surface area (Å²) in [5.74, 6) is 1.07. The van der Waals surface area contributed by atoms with Crippen molar-refractivity contribution in [3.05, 3.63) is 30.6 Å². The fourth-order valence-corrected chi connectivity index (χ4v) is 2.50. The van der Waals surface area contributed by atoms with Crippen LogP contribution in [0.25, 0.3) is 11.4 Å². The number of aromatic nitrogens is 2. The van der Waals surface area contributed by atoms with E-state index in [2.05, 4.69) is 16.9 Å². The molecule has 2 rings (SSSR count). The van der Waals surface area contributed by atoms with Crippen LogP contribution in [0.1, 0.15) is 51.9 Å². The first-order valence-electron chi connectivity index (χ1n) is 8.68. The van der Waals surface area contributed by atoms with Gasteiger partial charge in [0.15, 0.2) is 11.6 Å². The number of aromatic hydroxyl groups is 2. The molecule has 0 amide bonds. The third kappa shape index (κ3) is 5.72. The van der Waals surface area contributed by atoms with Crippen molar-refractivity contribution in [2.24, 2.45) is 0 Å². The molecule has 1 aromatic heterocycles. The van der Waals surface area contributed by atoms with Crippen molar-refractivity contribution in [3.8, 4) is 28.6 Å². The zero-order valence-corrected chi connectivity index (χ0v) is 14.2. The predicted molar refractivity (Wildman–Crippen MR) is 94.3 cm³/mol. The lowest BCUT2D eigenvalue weighted by molar-refractivity contribution is 0.303. The molecular formula is C19H26N2O3. The minimum atomic E-state index is -0.00659. The third-order valence-electron chi connectivity index (χ3n) is 3.86. The summed E-state index contributed by atoms with van der Waals surface area (Å²) in [6, 6.07) is 5.10. The van der Waals surface area contributed by atoms with Crippen LogP contribution in [-0.4, -0.2) is 26.8 Å². The maximum absolute atomic E-state index is 10.1. The molecule has 24 heavy (non-hydrogen) atoms. The quantitative estimate of drug-likeness (QED) is 0.618. The fraction of sp³-hybridized carbons (Fsp3) is 0.474. The summed E-state index contributed by atoms with van der Waals surface area (Å²) in [5.41, 5.74) is 0.512. The number of phenols is 1. The van der Waals surface area contributed by atoms with Gasteiger partial charge in [0, 0.05) is 6.07 Å². The van der Waals surface area contributed by atoms with E-state index in [0.29, 0.717) is 23.7 Å². The Hall–Kier alpha value is -2.30. The molecule has 0 saturated heterocycles. The maximum atomic E-state index is 10.1. The molecule has 1 aromatic carbocycles. The Labute approximate surface area is 143 Å². The van der Waals surface area contributed by atoms with Gasteiger partial charge < -0.3 is 14.9 Å².